The molecule has 8 heteroatoms. The number of nitrogens with zero attached hydrogens (tertiary/aromatic N) is 3. The van der Waals surface area contributed by atoms with Crippen molar-refractivity contribution in [3.63, 3.8) is 0 Å². The van der Waals surface area contributed by atoms with Gasteiger partial charge in [0.15, 0.2) is 5.79 Å². The molecule has 1 atom stereocenters. The molecule has 1 unspecified atom stereocenters. The normalized spacial score (nSPS) is 20.7. The highest BCUT2D eigenvalue weighted by Crippen LogP contribution is 2.30. The van der Waals surface area contributed by atoms with Gasteiger partial charge in [-0.3, -0.25) is 10.1 Å². The van der Waals surface area contributed by atoms with Crippen LogP contribution in [0.5, 0.6) is 0 Å². The average Bonchev–Trinajstić information content (AvgIpc) is 2.87. The van der Waals surface area contributed by atoms with Crippen molar-refractivity contribution in [2.24, 2.45) is 7.05 Å². The summed E-state index contributed by atoms with van der Waals surface area (Å²) < 4.78 is 12.7. The largest absolute Gasteiger partial charge is 0.362 e. The Morgan fingerprint density at radius 2 is 2.29 bits per heavy atom. The fourth-order valence-electron chi connectivity index (χ4n) is 2.44. The van der Waals surface area contributed by atoms with E-state index in [0.29, 0.717) is 31.1 Å². The van der Waals surface area contributed by atoms with Crippen molar-refractivity contribution >= 4 is 11.5 Å². The topological polar surface area (TPSA) is 91.5 Å². The first-order valence-corrected chi connectivity index (χ1v) is 7.10. The van der Waals surface area contributed by atoms with Crippen molar-refractivity contribution in [1.82, 2.24) is 9.78 Å². The van der Waals surface area contributed by atoms with Gasteiger partial charge in [-0.05, 0) is 20.3 Å². The second-order valence-corrected chi connectivity index (χ2v) is 5.61. The summed E-state index contributed by atoms with van der Waals surface area (Å²) in [5.74, 6) is -0.185. The molecule has 0 spiro atoms. The van der Waals surface area contributed by atoms with E-state index in [-0.39, 0.29) is 16.7 Å². The van der Waals surface area contributed by atoms with Crippen molar-refractivity contribution in [3.8, 4) is 0 Å². The standard InChI is InChI=1S/C13H22N4O4/c1-5-6-10-11(17(18)19)12(16(4)15-10)14-7-9-8-20-13(2,3)21-9/h9,14H,5-8H2,1-4H3. The lowest BCUT2D eigenvalue weighted by Crippen LogP contribution is -2.26. The number of nitrogens with one attached hydrogen (secondary N) is 1. The minimum atomic E-state index is -0.599. The average molecular weight is 298 g/mol. The Morgan fingerprint density at radius 3 is 2.81 bits per heavy atom. The monoisotopic (exact) mass is 298 g/mol. The number of rotatable bonds is 6. The third-order valence-corrected chi connectivity index (χ3v) is 3.33. The number of aryl methyl sites for hydroxylation is 2. The third-order valence-electron chi connectivity index (χ3n) is 3.33. The van der Waals surface area contributed by atoms with Gasteiger partial charge in [0.25, 0.3) is 0 Å². The molecule has 0 saturated carbocycles. The summed E-state index contributed by atoms with van der Waals surface area (Å²) in [6.45, 7) is 6.57. The predicted molar refractivity (Wildman–Crippen MR) is 77.3 cm³/mol. The molecule has 1 N–H and O–H groups in total. The summed E-state index contributed by atoms with van der Waals surface area (Å²) in [4.78, 5) is 10.9. The number of ether oxygens (including phenoxy) is 2. The fraction of sp³-hybridized carbons (Fsp3) is 0.769. The summed E-state index contributed by atoms with van der Waals surface area (Å²) in [5, 5.41) is 18.6. The van der Waals surface area contributed by atoms with Crippen LogP contribution in [0.25, 0.3) is 0 Å². The van der Waals surface area contributed by atoms with Crippen LogP contribution in [0.2, 0.25) is 0 Å². The minimum absolute atomic E-state index is 0.0533. The van der Waals surface area contributed by atoms with E-state index in [0.717, 1.165) is 6.42 Å². The van der Waals surface area contributed by atoms with E-state index in [1.54, 1.807) is 7.05 Å². The Bertz CT molecular complexity index is 526. The van der Waals surface area contributed by atoms with Gasteiger partial charge in [0.2, 0.25) is 5.82 Å². The minimum Gasteiger partial charge on any atom is -0.362 e. The smallest absolute Gasteiger partial charge is 0.333 e. The predicted octanol–water partition coefficient (Wildman–Crippen LogP) is 1.84. The van der Waals surface area contributed by atoms with E-state index >= 15 is 0 Å². The maximum absolute atomic E-state index is 11.3. The third kappa shape index (κ3) is 3.51. The highest BCUT2D eigenvalue weighted by molar-refractivity contribution is 5.59. The second-order valence-electron chi connectivity index (χ2n) is 5.61. The van der Waals surface area contributed by atoms with Gasteiger partial charge in [-0.25, -0.2) is 4.68 Å². The van der Waals surface area contributed by atoms with Gasteiger partial charge in [-0.15, -0.1) is 0 Å². The highest BCUT2D eigenvalue weighted by atomic mass is 16.7. The van der Waals surface area contributed by atoms with Crippen LogP contribution in [-0.4, -0.2) is 39.7 Å². The number of anilines is 1. The first-order valence-electron chi connectivity index (χ1n) is 7.10. The molecule has 8 nitrogen and oxygen atoms in total. The summed E-state index contributed by atoms with van der Waals surface area (Å²) >= 11 is 0. The maximum atomic E-state index is 11.3. The Labute approximate surface area is 123 Å². The summed E-state index contributed by atoms with van der Waals surface area (Å²) in [5.41, 5.74) is 0.564. The van der Waals surface area contributed by atoms with Gasteiger partial charge in [0.05, 0.1) is 11.5 Å². The van der Waals surface area contributed by atoms with Crippen LogP contribution in [-0.2, 0) is 22.9 Å². The van der Waals surface area contributed by atoms with Gasteiger partial charge < -0.3 is 14.8 Å². The van der Waals surface area contributed by atoms with Gasteiger partial charge in [-0.2, -0.15) is 5.10 Å². The molecule has 21 heavy (non-hydrogen) atoms. The van der Waals surface area contributed by atoms with E-state index in [1.165, 1.54) is 4.68 Å². The van der Waals surface area contributed by atoms with Gasteiger partial charge in [0, 0.05) is 13.6 Å². The molecule has 118 valence electrons. The summed E-state index contributed by atoms with van der Waals surface area (Å²) in [6, 6.07) is 0. The SMILES string of the molecule is CCCc1nn(C)c(NCC2COC(C)(C)O2)c1[N+](=O)[O-]. The van der Waals surface area contributed by atoms with E-state index < -0.39 is 5.79 Å². The molecular formula is C13H22N4O4. The molecule has 0 radical (unpaired) electrons. The van der Waals surface area contributed by atoms with E-state index in [2.05, 4.69) is 10.4 Å². The zero-order valence-corrected chi connectivity index (χ0v) is 12.9. The summed E-state index contributed by atoms with van der Waals surface area (Å²) in [6.07, 6.45) is 1.26. The molecular weight excluding hydrogens is 276 g/mol. The number of aromatic nitrogens is 2. The zero-order chi connectivity index (χ0) is 15.6. The Balaban J connectivity index is 2.11. The lowest BCUT2D eigenvalue weighted by molar-refractivity contribution is -0.384. The van der Waals surface area contributed by atoms with Crippen molar-refractivity contribution < 1.29 is 14.4 Å². The quantitative estimate of drug-likeness (QED) is 0.636. The molecule has 1 aliphatic heterocycles. The molecule has 2 heterocycles. The first-order chi connectivity index (χ1) is 9.84. The van der Waals surface area contributed by atoms with Crippen LogP contribution in [0.3, 0.4) is 0 Å². The number of nitro groups is 1. The van der Waals surface area contributed by atoms with Crippen LogP contribution >= 0.6 is 0 Å². The van der Waals surface area contributed by atoms with Crippen LogP contribution in [0.4, 0.5) is 11.5 Å². The Morgan fingerprint density at radius 1 is 1.57 bits per heavy atom. The van der Waals surface area contributed by atoms with E-state index in [1.807, 2.05) is 20.8 Å². The molecule has 1 saturated heterocycles. The van der Waals surface area contributed by atoms with E-state index in [9.17, 15) is 10.1 Å². The number of hydrogen-bond donors (Lipinski definition) is 1. The van der Waals surface area contributed by atoms with Crippen molar-refractivity contribution in [2.75, 3.05) is 18.5 Å². The molecule has 0 amide bonds. The fourth-order valence-corrected chi connectivity index (χ4v) is 2.44. The van der Waals surface area contributed by atoms with Crippen LogP contribution in [0.1, 0.15) is 32.9 Å². The molecule has 1 aromatic heterocycles. The van der Waals surface area contributed by atoms with Gasteiger partial charge >= 0.3 is 5.69 Å². The molecule has 2 rings (SSSR count). The first kappa shape index (κ1) is 15.7. The molecule has 1 aliphatic rings. The molecule has 0 bridgehead atoms. The second kappa shape index (κ2) is 5.98. The summed E-state index contributed by atoms with van der Waals surface area (Å²) in [7, 11) is 1.70. The number of hydrogen-bond acceptors (Lipinski definition) is 6. The Hall–Kier alpha value is -1.67. The van der Waals surface area contributed by atoms with Gasteiger partial charge in [-0.1, -0.05) is 13.3 Å². The maximum Gasteiger partial charge on any atom is 0.333 e. The van der Waals surface area contributed by atoms with Crippen LogP contribution in [0, 0.1) is 10.1 Å². The van der Waals surface area contributed by atoms with E-state index in [4.69, 9.17) is 9.47 Å². The molecule has 1 fully saturated rings. The Kier molecular flexibility index (Phi) is 4.48. The van der Waals surface area contributed by atoms with Crippen molar-refractivity contribution in [2.45, 2.75) is 45.5 Å². The van der Waals surface area contributed by atoms with Gasteiger partial charge in [0.1, 0.15) is 11.8 Å². The highest BCUT2D eigenvalue weighted by Gasteiger charge is 2.33. The lowest BCUT2D eigenvalue weighted by atomic mass is 10.2. The molecule has 0 aliphatic carbocycles. The molecule has 1 aromatic rings. The van der Waals surface area contributed by atoms with Crippen LogP contribution in [0.15, 0.2) is 0 Å². The van der Waals surface area contributed by atoms with Crippen molar-refractivity contribution in [3.05, 3.63) is 15.8 Å². The van der Waals surface area contributed by atoms with Crippen molar-refractivity contribution in [1.29, 1.82) is 0 Å². The lowest BCUT2D eigenvalue weighted by Gasteiger charge is -2.17. The molecule has 0 aromatic carbocycles. The zero-order valence-electron chi connectivity index (χ0n) is 12.9. The van der Waals surface area contributed by atoms with Crippen LogP contribution < -0.4 is 5.32 Å².